The average molecular weight is 322 g/mol. The van der Waals surface area contributed by atoms with Gasteiger partial charge >= 0.3 is 5.97 Å². The van der Waals surface area contributed by atoms with E-state index in [0.29, 0.717) is 26.0 Å². The van der Waals surface area contributed by atoms with E-state index < -0.39 is 6.04 Å². The van der Waals surface area contributed by atoms with Crippen LogP contribution in [0.3, 0.4) is 0 Å². The molecule has 1 aromatic carbocycles. The van der Waals surface area contributed by atoms with E-state index in [-0.39, 0.29) is 17.8 Å². The van der Waals surface area contributed by atoms with E-state index >= 15 is 0 Å². The van der Waals surface area contributed by atoms with Crippen LogP contribution in [0.4, 0.5) is 0 Å². The Hall–Kier alpha value is -2.08. The third kappa shape index (κ3) is 7.15. The summed E-state index contributed by atoms with van der Waals surface area (Å²) in [5.74, 6) is 0.446. The number of methoxy groups -OCH3 is 1. The molecular weight excluding hydrogens is 296 g/mol. The zero-order valence-corrected chi connectivity index (χ0v) is 14.0. The Labute approximate surface area is 137 Å². The number of nitrogens with two attached hydrogens (primary N) is 1. The number of benzene rings is 1. The van der Waals surface area contributed by atoms with Gasteiger partial charge in [0.15, 0.2) is 0 Å². The first kappa shape index (κ1) is 19.0. The maximum Gasteiger partial charge on any atom is 0.305 e. The molecule has 6 nitrogen and oxygen atoms in total. The van der Waals surface area contributed by atoms with Gasteiger partial charge in [0.2, 0.25) is 5.91 Å². The summed E-state index contributed by atoms with van der Waals surface area (Å²) in [7, 11) is 1.37. The second kappa shape index (κ2) is 9.84. The Morgan fingerprint density at radius 2 is 1.87 bits per heavy atom. The number of carbonyl (C=O) groups excluding carboxylic acids is 2. The van der Waals surface area contributed by atoms with Crippen molar-refractivity contribution in [3.8, 4) is 5.75 Å². The number of rotatable bonds is 9. The van der Waals surface area contributed by atoms with Crippen LogP contribution in [0.1, 0.15) is 32.3 Å². The number of hydrogen-bond acceptors (Lipinski definition) is 5. The molecule has 0 fully saturated rings. The average Bonchev–Trinajstić information content (AvgIpc) is 2.56. The van der Waals surface area contributed by atoms with Gasteiger partial charge in [0.05, 0.1) is 19.8 Å². The minimum absolute atomic E-state index is 0.107. The highest BCUT2D eigenvalue weighted by molar-refractivity contribution is 5.81. The van der Waals surface area contributed by atoms with E-state index in [4.69, 9.17) is 10.5 Å². The van der Waals surface area contributed by atoms with Gasteiger partial charge in [-0.15, -0.1) is 0 Å². The summed E-state index contributed by atoms with van der Waals surface area (Å²) >= 11 is 0. The number of nitrogens with one attached hydrogen (secondary N) is 1. The van der Waals surface area contributed by atoms with Crippen LogP contribution in [0.25, 0.3) is 0 Å². The Morgan fingerprint density at radius 3 is 2.43 bits per heavy atom. The molecule has 0 aliphatic heterocycles. The van der Waals surface area contributed by atoms with Crippen LogP contribution in [0.5, 0.6) is 5.75 Å². The second-order valence-corrected chi connectivity index (χ2v) is 5.66. The molecule has 1 atom stereocenters. The molecule has 0 spiro atoms. The molecule has 0 unspecified atom stereocenters. The summed E-state index contributed by atoms with van der Waals surface area (Å²) in [6.07, 6.45) is 0.953. The van der Waals surface area contributed by atoms with Crippen molar-refractivity contribution in [2.45, 2.75) is 39.3 Å². The Balaban J connectivity index is 2.33. The number of hydrogen-bond donors (Lipinski definition) is 2. The summed E-state index contributed by atoms with van der Waals surface area (Å²) in [5, 5.41) is 2.81. The Bertz CT molecular complexity index is 500. The first-order valence-electron chi connectivity index (χ1n) is 7.76. The van der Waals surface area contributed by atoms with Crippen LogP contribution in [0.2, 0.25) is 0 Å². The highest BCUT2D eigenvalue weighted by Crippen LogP contribution is 2.13. The lowest BCUT2D eigenvalue weighted by molar-refractivity contribution is -0.140. The highest BCUT2D eigenvalue weighted by Gasteiger charge is 2.16. The van der Waals surface area contributed by atoms with E-state index in [2.05, 4.69) is 10.1 Å². The number of amides is 1. The summed E-state index contributed by atoms with van der Waals surface area (Å²) in [6.45, 7) is 4.71. The predicted octanol–water partition coefficient (Wildman–Crippen LogP) is 1.62. The fraction of sp³-hybridized carbons (Fsp3) is 0.529. The van der Waals surface area contributed by atoms with Crippen LogP contribution in [0, 0.1) is 5.92 Å². The number of carbonyl (C=O) groups is 2. The van der Waals surface area contributed by atoms with Crippen LogP contribution < -0.4 is 15.8 Å². The molecule has 128 valence electrons. The van der Waals surface area contributed by atoms with E-state index in [9.17, 15) is 9.59 Å². The van der Waals surface area contributed by atoms with Gasteiger partial charge in [0, 0.05) is 13.0 Å². The molecule has 0 radical (unpaired) electrons. The fourth-order valence-corrected chi connectivity index (χ4v) is 1.82. The normalized spacial score (nSPS) is 11.9. The molecule has 0 heterocycles. The fourth-order valence-electron chi connectivity index (χ4n) is 1.82. The van der Waals surface area contributed by atoms with E-state index in [1.807, 2.05) is 38.1 Å². The molecule has 1 amide bonds. The molecule has 0 bridgehead atoms. The Kier molecular flexibility index (Phi) is 8.11. The van der Waals surface area contributed by atoms with Crippen molar-refractivity contribution in [1.29, 1.82) is 0 Å². The minimum Gasteiger partial charge on any atom is -0.494 e. The topological polar surface area (TPSA) is 90.6 Å². The molecular formula is C17H26N2O4. The molecule has 0 aliphatic rings. The standard InChI is InChI=1S/C17H26N2O4/c1-12(2)16(18)17(21)19-11-13-6-8-14(9-7-13)23-10-4-5-15(20)22-3/h6-9,12,16H,4-5,10-11,18H2,1-3H3,(H,19,21)/t16-/m0/s1. The highest BCUT2D eigenvalue weighted by atomic mass is 16.5. The van der Waals surface area contributed by atoms with Crippen molar-refractivity contribution in [3.05, 3.63) is 29.8 Å². The lowest BCUT2D eigenvalue weighted by Crippen LogP contribution is -2.43. The number of esters is 1. The molecule has 6 heteroatoms. The van der Waals surface area contributed by atoms with Crippen molar-refractivity contribution < 1.29 is 19.1 Å². The molecule has 3 N–H and O–H groups in total. The van der Waals surface area contributed by atoms with Crippen molar-refractivity contribution in [1.82, 2.24) is 5.32 Å². The molecule has 1 rings (SSSR count). The van der Waals surface area contributed by atoms with Gasteiger partial charge in [-0.3, -0.25) is 9.59 Å². The maximum atomic E-state index is 11.8. The third-order valence-electron chi connectivity index (χ3n) is 3.43. The summed E-state index contributed by atoms with van der Waals surface area (Å²) < 4.78 is 10.1. The van der Waals surface area contributed by atoms with E-state index in [1.165, 1.54) is 7.11 Å². The second-order valence-electron chi connectivity index (χ2n) is 5.66. The predicted molar refractivity (Wildman–Crippen MR) is 87.8 cm³/mol. The summed E-state index contributed by atoms with van der Waals surface area (Å²) in [4.78, 5) is 22.7. The minimum atomic E-state index is -0.493. The van der Waals surface area contributed by atoms with Gasteiger partial charge in [0.25, 0.3) is 0 Å². The molecule has 0 saturated carbocycles. The van der Waals surface area contributed by atoms with E-state index in [1.54, 1.807) is 0 Å². The Morgan fingerprint density at radius 1 is 1.22 bits per heavy atom. The zero-order chi connectivity index (χ0) is 17.2. The van der Waals surface area contributed by atoms with Crippen molar-refractivity contribution in [2.24, 2.45) is 11.7 Å². The monoisotopic (exact) mass is 322 g/mol. The van der Waals surface area contributed by atoms with Gasteiger partial charge in [-0.05, 0) is 30.0 Å². The lowest BCUT2D eigenvalue weighted by Gasteiger charge is -2.15. The number of ether oxygens (including phenoxy) is 2. The van der Waals surface area contributed by atoms with Crippen molar-refractivity contribution in [3.63, 3.8) is 0 Å². The zero-order valence-electron chi connectivity index (χ0n) is 14.0. The van der Waals surface area contributed by atoms with Gasteiger partial charge in [-0.1, -0.05) is 26.0 Å². The SMILES string of the molecule is COC(=O)CCCOc1ccc(CNC(=O)[C@@H](N)C(C)C)cc1. The first-order valence-corrected chi connectivity index (χ1v) is 7.76. The van der Waals surface area contributed by atoms with E-state index in [0.717, 1.165) is 11.3 Å². The smallest absolute Gasteiger partial charge is 0.305 e. The summed E-state index contributed by atoms with van der Waals surface area (Å²) in [6, 6.07) is 6.95. The summed E-state index contributed by atoms with van der Waals surface area (Å²) in [5.41, 5.74) is 6.75. The first-order chi connectivity index (χ1) is 10.9. The lowest BCUT2D eigenvalue weighted by atomic mass is 10.0. The largest absolute Gasteiger partial charge is 0.494 e. The van der Waals surface area contributed by atoms with Gasteiger partial charge in [-0.25, -0.2) is 0 Å². The molecule has 0 aliphatic carbocycles. The van der Waals surface area contributed by atoms with Gasteiger partial charge in [0.1, 0.15) is 5.75 Å². The molecule has 0 aromatic heterocycles. The van der Waals surface area contributed by atoms with Gasteiger partial charge < -0.3 is 20.5 Å². The molecule has 23 heavy (non-hydrogen) atoms. The van der Waals surface area contributed by atoms with Crippen LogP contribution in [-0.2, 0) is 20.9 Å². The van der Waals surface area contributed by atoms with Crippen LogP contribution in [-0.4, -0.2) is 31.6 Å². The maximum absolute atomic E-state index is 11.8. The van der Waals surface area contributed by atoms with Crippen molar-refractivity contribution >= 4 is 11.9 Å². The molecule has 1 aromatic rings. The van der Waals surface area contributed by atoms with Crippen LogP contribution in [0.15, 0.2) is 24.3 Å². The van der Waals surface area contributed by atoms with Gasteiger partial charge in [-0.2, -0.15) is 0 Å². The van der Waals surface area contributed by atoms with Crippen molar-refractivity contribution in [2.75, 3.05) is 13.7 Å². The van der Waals surface area contributed by atoms with Crippen LogP contribution >= 0.6 is 0 Å². The third-order valence-corrected chi connectivity index (χ3v) is 3.43. The molecule has 0 saturated heterocycles. The quantitative estimate of drug-likeness (QED) is 0.532.